The molecular weight excluding hydrogens is 338 g/mol. The molecule has 0 atom stereocenters. The summed E-state index contributed by atoms with van der Waals surface area (Å²) in [5.74, 6) is -0.322. The van der Waals surface area contributed by atoms with Gasteiger partial charge < -0.3 is 14.8 Å². The molecule has 0 aliphatic heterocycles. The van der Waals surface area contributed by atoms with Crippen molar-refractivity contribution in [3.8, 4) is 5.75 Å². The maximum atomic E-state index is 11.6. The van der Waals surface area contributed by atoms with Crippen molar-refractivity contribution in [3.63, 3.8) is 0 Å². The normalized spacial score (nSPS) is 10.2. The Labute approximate surface area is 130 Å². The van der Waals surface area contributed by atoms with Crippen LogP contribution in [0.4, 0.5) is 0 Å². The first-order chi connectivity index (χ1) is 10.1. The van der Waals surface area contributed by atoms with Crippen LogP contribution in [-0.2, 0) is 14.3 Å². The second-order valence-corrected chi connectivity index (χ2v) is 5.03. The van der Waals surface area contributed by atoms with E-state index in [9.17, 15) is 9.59 Å². The number of benzene rings is 2. The highest BCUT2D eigenvalue weighted by Gasteiger charge is 2.09. The lowest BCUT2D eigenvalue weighted by atomic mass is 10.1. The lowest BCUT2D eigenvalue weighted by Crippen LogP contribution is -2.33. The zero-order chi connectivity index (χ0) is 15.2. The highest BCUT2D eigenvalue weighted by Crippen LogP contribution is 2.32. The SMILES string of the molecule is COC(=O)CNC(=O)COc1ccc2ccccc2c1Br. The average Bonchev–Trinajstić information content (AvgIpc) is 2.52. The maximum Gasteiger partial charge on any atom is 0.325 e. The minimum atomic E-state index is -0.504. The molecule has 0 aliphatic carbocycles. The molecule has 0 aliphatic rings. The van der Waals surface area contributed by atoms with E-state index in [1.54, 1.807) is 6.07 Å². The Bertz CT molecular complexity index is 672. The van der Waals surface area contributed by atoms with Crippen molar-refractivity contribution in [3.05, 3.63) is 40.9 Å². The van der Waals surface area contributed by atoms with E-state index in [0.29, 0.717) is 5.75 Å². The van der Waals surface area contributed by atoms with Gasteiger partial charge in [0.05, 0.1) is 11.6 Å². The molecule has 2 rings (SSSR count). The second kappa shape index (κ2) is 7.08. The summed E-state index contributed by atoms with van der Waals surface area (Å²) in [6.45, 7) is -0.342. The Morgan fingerprint density at radius 2 is 1.95 bits per heavy atom. The van der Waals surface area contributed by atoms with Crippen molar-refractivity contribution in [2.45, 2.75) is 0 Å². The molecule has 0 saturated carbocycles. The molecule has 1 amide bonds. The number of halogens is 1. The van der Waals surface area contributed by atoms with Crippen LogP contribution in [0.3, 0.4) is 0 Å². The molecular formula is C15H14BrNO4. The predicted octanol–water partition coefficient (Wildman–Crippen LogP) is 2.27. The number of rotatable bonds is 5. The van der Waals surface area contributed by atoms with Crippen molar-refractivity contribution >= 4 is 38.6 Å². The van der Waals surface area contributed by atoms with Crippen LogP contribution in [0.15, 0.2) is 40.9 Å². The van der Waals surface area contributed by atoms with Crippen LogP contribution in [-0.4, -0.2) is 32.1 Å². The van der Waals surface area contributed by atoms with Gasteiger partial charge in [-0.15, -0.1) is 0 Å². The van der Waals surface area contributed by atoms with E-state index in [1.807, 2.05) is 30.3 Å². The van der Waals surface area contributed by atoms with E-state index in [0.717, 1.165) is 15.2 Å². The Morgan fingerprint density at radius 1 is 1.19 bits per heavy atom. The van der Waals surface area contributed by atoms with Gasteiger partial charge in [-0.1, -0.05) is 30.3 Å². The maximum absolute atomic E-state index is 11.6. The number of nitrogens with one attached hydrogen (secondary N) is 1. The van der Waals surface area contributed by atoms with Crippen molar-refractivity contribution in [1.29, 1.82) is 0 Å². The number of fused-ring (bicyclic) bond motifs is 1. The van der Waals surface area contributed by atoms with Crippen molar-refractivity contribution < 1.29 is 19.1 Å². The summed E-state index contributed by atoms with van der Waals surface area (Å²) in [6, 6.07) is 11.5. The largest absolute Gasteiger partial charge is 0.483 e. The first kappa shape index (κ1) is 15.3. The molecule has 110 valence electrons. The van der Waals surface area contributed by atoms with Crippen LogP contribution in [0.5, 0.6) is 5.75 Å². The lowest BCUT2D eigenvalue weighted by molar-refractivity contribution is -0.141. The minimum absolute atomic E-state index is 0.169. The molecule has 6 heteroatoms. The van der Waals surface area contributed by atoms with Crippen molar-refractivity contribution in [1.82, 2.24) is 5.32 Å². The number of esters is 1. The van der Waals surface area contributed by atoms with Gasteiger partial charge in [0, 0.05) is 0 Å². The predicted molar refractivity (Wildman–Crippen MR) is 82.2 cm³/mol. The third-order valence-corrected chi connectivity index (χ3v) is 3.66. The fourth-order valence-corrected chi connectivity index (χ4v) is 2.37. The number of hydrogen-bond donors (Lipinski definition) is 1. The molecule has 0 unspecified atom stereocenters. The molecule has 0 bridgehead atoms. The second-order valence-electron chi connectivity index (χ2n) is 4.24. The topological polar surface area (TPSA) is 64.6 Å². The van der Waals surface area contributed by atoms with E-state index in [1.165, 1.54) is 7.11 Å². The standard InChI is InChI=1S/C15H14BrNO4/c1-20-14(19)8-17-13(18)9-21-12-7-6-10-4-2-3-5-11(10)15(12)16/h2-7H,8-9H2,1H3,(H,17,18). The highest BCUT2D eigenvalue weighted by molar-refractivity contribution is 9.10. The summed E-state index contributed by atoms with van der Waals surface area (Å²) in [4.78, 5) is 22.5. The summed E-state index contributed by atoms with van der Waals surface area (Å²) in [5, 5.41) is 4.49. The van der Waals surface area contributed by atoms with E-state index in [4.69, 9.17) is 4.74 Å². The van der Waals surface area contributed by atoms with Crippen molar-refractivity contribution in [2.75, 3.05) is 20.3 Å². The lowest BCUT2D eigenvalue weighted by Gasteiger charge is -2.10. The highest BCUT2D eigenvalue weighted by atomic mass is 79.9. The van der Waals surface area contributed by atoms with Crippen molar-refractivity contribution in [2.24, 2.45) is 0 Å². The van der Waals surface area contributed by atoms with Crippen LogP contribution in [0.1, 0.15) is 0 Å². The fourth-order valence-electron chi connectivity index (χ4n) is 1.76. The average molecular weight is 352 g/mol. The Balaban J connectivity index is 1.99. The molecule has 0 aromatic heterocycles. The number of carbonyl (C=O) groups excluding carboxylic acids is 2. The third-order valence-electron chi connectivity index (χ3n) is 2.84. The molecule has 5 nitrogen and oxygen atoms in total. The first-order valence-corrected chi connectivity index (χ1v) is 7.04. The van der Waals surface area contributed by atoms with Gasteiger partial charge in [0.25, 0.3) is 5.91 Å². The molecule has 2 aromatic rings. The zero-order valence-corrected chi connectivity index (χ0v) is 13.0. The minimum Gasteiger partial charge on any atom is -0.483 e. The van der Waals surface area contributed by atoms with E-state index >= 15 is 0 Å². The fraction of sp³-hybridized carbons (Fsp3) is 0.200. The van der Waals surface area contributed by atoms with Gasteiger partial charge in [-0.25, -0.2) is 0 Å². The van der Waals surface area contributed by atoms with Crippen LogP contribution in [0.2, 0.25) is 0 Å². The quantitative estimate of drug-likeness (QED) is 0.839. The molecule has 0 heterocycles. The Kier molecular flexibility index (Phi) is 5.16. The molecule has 21 heavy (non-hydrogen) atoms. The molecule has 0 radical (unpaired) electrons. The van der Waals surface area contributed by atoms with Gasteiger partial charge in [-0.05, 0) is 32.8 Å². The van der Waals surface area contributed by atoms with Crippen LogP contribution in [0, 0.1) is 0 Å². The molecule has 2 aromatic carbocycles. The van der Waals surface area contributed by atoms with Crippen LogP contribution >= 0.6 is 15.9 Å². The summed E-state index contributed by atoms with van der Waals surface area (Å²) < 4.78 is 10.7. The smallest absolute Gasteiger partial charge is 0.325 e. The summed E-state index contributed by atoms with van der Waals surface area (Å²) >= 11 is 3.47. The van der Waals surface area contributed by atoms with Gasteiger partial charge >= 0.3 is 5.97 Å². The summed E-state index contributed by atoms with van der Waals surface area (Å²) in [5.41, 5.74) is 0. The number of hydrogen-bond acceptors (Lipinski definition) is 4. The molecule has 1 N–H and O–H groups in total. The van der Waals surface area contributed by atoms with Gasteiger partial charge in [-0.2, -0.15) is 0 Å². The van der Waals surface area contributed by atoms with E-state index < -0.39 is 5.97 Å². The summed E-state index contributed by atoms with van der Waals surface area (Å²) in [7, 11) is 1.26. The molecule has 0 spiro atoms. The molecule has 0 saturated heterocycles. The molecule has 0 fully saturated rings. The van der Waals surface area contributed by atoms with E-state index in [-0.39, 0.29) is 19.1 Å². The Hall–Kier alpha value is -2.08. The van der Waals surface area contributed by atoms with Gasteiger partial charge in [0.2, 0.25) is 0 Å². The van der Waals surface area contributed by atoms with E-state index in [2.05, 4.69) is 26.0 Å². The number of amides is 1. The summed E-state index contributed by atoms with van der Waals surface area (Å²) in [6.07, 6.45) is 0. The monoisotopic (exact) mass is 351 g/mol. The van der Waals surface area contributed by atoms with Gasteiger partial charge in [-0.3, -0.25) is 9.59 Å². The third kappa shape index (κ3) is 3.95. The Morgan fingerprint density at radius 3 is 2.71 bits per heavy atom. The first-order valence-electron chi connectivity index (χ1n) is 6.25. The van der Waals surface area contributed by atoms with Crippen LogP contribution < -0.4 is 10.1 Å². The van der Waals surface area contributed by atoms with Gasteiger partial charge in [0.1, 0.15) is 12.3 Å². The number of ether oxygens (including phenoxy) is 2. The van der Waals surface area contributed by atoms with Gasteiger partial charge in [0.15, 0.2) is 6.61 Å². The number of carbonyl (C=O) groups is 2. The van der Waals surface area contributed by atoms with Crippen LogP contribution in [0.25, 0.3) is 10.8 Å². The number of methoxy groups -OCH3 is 1. The zero-order valence-electron chi connectivity index (χ0n) is 11.4.